The molecular formula is C19H14BrCl. The van der Waals surface area contributed by atoms with Crippen LogP contribution < -0.4 is 0 Å². The van der Waals surface area contributed by atoms with Gasteiger partial charge in [0.15, 0.2) is 0 Å². The fraction of sp³-hybridized carbons (Fsp3) is 0.158. The standard InChI is InChI=1S/C19H14BrCl/c1-19(2)16-8-12-6-4-3-5-11(12)7-14(16)15-9-13(21)10-17(20)18(15)19/h3-10H,1-2H3. The predicted molar refractivity (Wildman–Crippen MR) is 94.2 cm³/mol. The van der Waals surface area contributed by atoms with Crippen LogP contribution in [0.3, 0.4) is 0 Å². The number of halogens is 2. The molecule has 0 N–H and O–H groups in total. The highest BCUT2D eigenvalue weighted by atomic mass is 79.9. The minimum atomic E-state index is -0.0158. The summed E-state index contributed by atoms with van der Waals surface area (Å²) in [5.41, 5.74) is 5.24. The average Bonchev–Trinajstić information content (AvgIpc) is 2.65. The van der Waals surface area contributed by atoms with Crippen LogP contribution in [0, 0.1) is 0 Å². The lowest BCUT2D eigenvalue weighted by molar-refractivity contribution is 0.658. The summed E-state index contributed by atoms with van der Waals surface area (Å²) < 4.78 is 1.09. The lowest BCUT2D eigenvalue weighted by Gasteiger charge is -2.23. The number of hydrogen-bond acceptors (Lipinski definition) is 0. The first-order valence-electron chi connectivity index (χ1n) is 7.01. The smallest absolute Gasteiger partial charge is 0.0423 e. The van der Waals surface area contributed by atoms with Gasteiger partial charge in [-0.15, -0.1) is 0 Å². The van der Waals surface area contributed by atoms with Gasteiger partial charge >= 0.3 is 0 Å². The molecule has 0 saturated carbocycles. The van der Waals surface area contributed by atoms with E-state index >= 15 is 0 Å². The van der Waals surface area contributed by atoms with Crippen molar-refractivity contribution in [2.45, 2.75) is 19.3 Å². The van der Waals surface area contributed by atoms with E-state index in [4.69, 9.17) is 11.6 Å². The first-order valence-corrected chi connectivity index (χ1v) is 8.19. The topological polar surface area (TPSA) is 0 Å². The Kier molecular flexibility index (Phi) is 2.76. The summed E-state index contributed by atoms with van der Waals surface area (Å²) in [6.07, 6.45) is 0. The van der Waals surface area contributed by atoms with Crippen molar-refractivity contribution in [2.24, 2.45) is 0 Å². The van der Waals surface area contributed by atoms with Crippen LogP contribution in [-0.4, -0.2) is 0 Å². The molecule has 0 heterocycles. The fourth-order valence-electron chi connectivity index (χ4n) is 3.54. The van der Waals surface area contributed by atoms with Crippen molar-refractivity contribution < 1.29 is 0 Å². The summed E-state index contributed by atoms with van der Waals surface area (Å²) in [5, 5.41) is 3.34. The Bertz CT molecular complexity index is 893. The van der Waals surface area contributed by atoms with Gasteiger partial charge in [-0.25, -0.2) is 0 Å². The third-order valence-electron chi connectivity index (χ3n) is 4.53. The maximum atomic E-state index is 6.28. The molecule has 21 heavy (non-hydrogen) atoms. The van der Waals surface area contributed by atoms with Gasteiger partial charge in [-0.05, 0) is 57.3 Å². The van der Waals surface area contributed by atoms with Crippen molar-refractivity contribution in [3.63, 3.8) is 0 Å². The Labute approximate surface area is 137 Å². The Morgan fingerprint density at radius 2 is 1.57 bits per heavy atom. The van der Waals surface area contributed by atoms with Gasteiger partial charge in [0.1, 0.15) is 0 Å². The highest BCUT2D eigenvalue weighted by Crippen LogP contribution is 2.53. The summed E-state index contributed by atoms with van der Waals surface area (Å²) >= 11 is 9.98. The summed E-state index contributed by atoms with van der Waals surface area (Å²) in [7, 11) is 0. The van der Waals surface area contributed by atoms with Gasteiger partial charge in [-0.3, -0.25) is 0 Å². The second kappa shape index (κ2) is 4.34. The van der Waals surface area contributed by atoms with Gasteiger partial charge in [0, 0.05) is 14.9 Å². The molecule has 0 saturated heterocycles. The normalized spacial score (nSPS) is 15.0. The molecule has 0 radical (unpaired) electrons. The summed E-state index contributed by atoms with van der Waals surface area (Å²) in [4.78, 5) is 0. The van der Waals surface area contributed by atoms with E-state index in [9.17, 15) is 0 Å². The van der Waals surface area contributed by atoms with Crippen LogP contribution in [0.15, 0.2) is 53.0 Å². The molecule has 0 aromatic heterocycles. The number of hydrogen-bond donors (Lipinski definition) is 0. The molecule has 0 unspecified atom stereocenters. The average molecular weight is 358 g/mol. The molecule has 0 spiro atoms. The molecule has 0 fully saturated rings. The molecule has 0 bridgehead atoms. The maximum Gasteiger partial charge on any atom is 0.0423 e. The second-order valence-electron chi connectivity index (χ2n) is 6.18. The lowest BCUT2D eigenvalue weighted by atomic mass is 9.82. The van der Waals surface area contributed by atoms with Crippen molar-refractivity contribution in [3.05, 3.63) is 69.2 Å². The Morgan fingerprint density at radius 3 is 2.29 bits per heavy atom. The minimum Gasteiger partial charge on any atom is -0.0843 e. The van der Waals surface area contributed by atoms with E-state index in [1.165, 1.54) is 33.0 Å². The van der Waals surface area contributed by atoms with E-state index in [2.05, 4.69) is 72.2 Å². The summed E-state index contributed by atoms with van der Waals surface area (Å²) in [6, 6.07) is 17.2. The molecule has 1 aliphatic carbocycles. The highest BCUT2D eigenvalue weighted by molar-refractivity contribution is 9.10. The van der Waals surface area contributed by atoms with E-state index in [0.29, 0.717) is 0 Å². The predicted octanol–water partition coefficient (Wildman–Crippen LogP) is 6.56. The Balaban J connectivity index is 2.15. The van der Waals surface area contributed by atoms with E-state index in [1.54, 1.807) is 0 Å². The number of benzene rings is 3. The molecule has 2 heteroatoms. The SMILES string of the molecule is CC1(C)c2cc3ccccc3cc2-c2cc(Cl)cc(Br)c21. The zero-order valence-corrected chi connectivity index (χ0v) is 14.2. The number of rotatable bonds is 0. The second-order valence-corrected chi connectivity index (χ2v) is 7.47. The van der Waals surface area contributed by atoms with Crippen LogP contribution in [0.5, 0.6) is 0 Å². The molecule has 3 aromatic carbocycles. The summed E-state index contributed by atoms with van der Waals surface area (Å²) in [6.45, 7) is 4.57. The molecule has 104 valence electrons. The van der Waals surface area contributed by atoms with E-state index in [0.717, 1.165) is 9.50 Å². The molecule has 3 aromatic rings. The minimum absolute atomic E-state index is 0.0158. The fourth-order valence-corrected chi connectivity index (χ4v) is 4.84. The molecule has 1 aliphatic rings. The van der Waals surface area contributed by atoms with Crippen molar-refractivity contribution in [1.82, 2.24) is 0 Å². The molecular weight excluding hydrogens is 344 g/mol. The molecule has 0 aliphatic heterocycles. The van der Waals surface area contributed by atoms with Crippen LogP contribution in [0.2, 0.25) is 5.02 Å². The van der Waals surface area contributed by atoms with Crippen molar-refractivity contribution in [3.8, 4) is 11.1 Å². The molecule has 0 nitrogen and oxygen atoms in total. The van der Waals surface area contributed by atoms with Gasteiger partial charge < -0.3 is 0 Å². The highest BCUT2D eigenvalue weighted by Gasteiger charge is 2.37. The van der Waals surface area contributed by atoms with Crippen LogP contribution in [0.4, 0.5) is 0 Å². The quantitative estimate of drug-likeness (QED) is 0.427. The zero-order valence-electron chi connectivity index (χ0n) is 11.9. The molecule has 0 amide bonds. The first kappa shape index (κ1) is 13.4. The van der Waals surface area contributed by atoms with Crippen LogP contribution in [0.25, 0.3) is 21.9 Å². The van der Waals surface area contributed by atoms with Gasteiger partial charge in [0.25, 0.3) is 0 Å². The first-order chi connectivity index (χ1) is 9.98. The zero-order chi connectivity index (χ0) is 14.8. The van der Waals surface area contributed by atoms with Crippen LogP contribution in [-0.2, 0) is 5.41 Å². The van der Waals surface area contributed by atoms with Gasteiger partial charge in [-0.2, -0.15) is 0 Å². The Hall–Kier alpha value is -1.31. The lowest BCUT2D eigenvalue weighted by Crippen LogP contribution is -2.15. The van der Waals surface area contributed by atoms with Crippen LogP contribution >= 0.6 is 27.5 Å². The third kappa shape index (κ3) is 1.81. The van der Waals surface area contributed by atoms with Crippen molar-refractivity contribution in [2.75, 3.05) is 0 Å². The third-order valence-corrected chi connectivity index (χ3v) is 5.37. The Morgan fingerprint density at radius 1 is 0.905 bits per heavy atom. The van der Waals surface area contributed by atoms with E-state index in [-0.39, 0.29) is 5.41 Å². The van der Waals surface area contributed by atoms with E-state index in [1.807, 2.05) is 6.07 Å². The van der Waals surface area contributed by atoms with Gasteiger partial charge in [-0.1, -0.05) is 65.6 Å². The van der Waals surface area contributed by atoms with E-state index < -0.39 is 0 Å². The maximum absolute atomic E-state index is 6.28. The largest absolute Gasteiger partial charge is 0.0843 e. The van der Waals surface area contributed by atoms with Crippen molar-refractivity contribution >= 4 is 38.3 Å². The summed E-state index contributed by atoms with van der Waals surface area (Å²) in [5.74, 6) is 0. The van der Waals surface area contributed by atoms with Gasteiger partial charge in [0.05, 0.1) is 0 Å². The van der Waals surface area contributed by atoms with Crippen molar-refractivity contribution in [1.29, 1.82) is 0 Å². The van der Waals surface area contributed by atoms with Crippen LogP contribution in [0.1, 0.15) is 25.0 Å². The molecule has 4 rings (SSSR count). The van der Waals surface area contributed by atoms with Gasteiger partial charge in [0.2, 0.25) is 0 Å². The monoisotopic (exact) mass is 356 g/mol. The molecule has 0 atom stereocenters. The number of fused-ring (bicyclic) bond motifs is 4.